The van der Waals surface area contributed by atoms with Crippen molar-refractivity contribution in [3.05, 3.63) is 24.0 Å². The number of H-pyrrole nitrogens is 1. The van der Waals surface area contributed by atoms with E-state index in [1.54, 1.807) is 23.2 Å². The van der Waals surface area contributed by atoms with Crippen LogP contribution in [-0.2, 0) is 24.0 Å². The SMILES string of the molecule is CCC[C@H](NC(=O)[C@@H]1[C@@H](C2CCCCC2)CCN1C(=O)[C@@H](NC(=O)[C@@H](NC(=O)c1ccc[nH]1)C1CCCCC1)C(C)(C)C)C(=O)C(=O)NC1CC1. The van der Waals surface area contributed by atoms with Gasteiger partial charge in [-0.05, 0) is 73.8 Å². The Hall–Kier alpha value is -3.70. The zero-order valence-corrected chi connectivity index (χ0v) is 31.1. The number of ketones is 1. The van der Waals surface area contributed by atoms with Gasteiger partial charge in [-0.3, -0.25) is 28.8 Å². The molecule has 0 spiro atoms. The van der Waals surface area contributed by atoms with Crippen molar-refractivity contribution in [1.29, 1.82) is 0 Å². The zero-order chi connectivity index (χ0) is 36.7. The summed E-state index contributed by atoms with van der Waals surface area (Å²) in [7, 11) is 0. The van der Waals surface area contributed by atoms with Crippen LogP contribution in [0.2, 0.25) is 0 Å². The van der Waals surface area contributed by atoms with E-state index >= 15 is 0 Å². The molecule has 12 heteroatoms. The number of aromatic nitrogens is 1. The van der Waals surface area contributed by atoms with E-state index in [9.17, 15) is 28.8 Å². The average molecular weight is 709 g/mol. The van der Waals surface area contributed by atoms with Crippen molar-refractivity contribution in [3.8, 4) is 0 Å². The Morgan fingerprint density at radius 2 is 1.53 bits per heavy atom. The molecule has 1 aliphatic heterocycles. The van der Waals surface area contributed by atoms with Crippen molar-refractivity contribution in [2.45, 2.75) is 154 Å². The van der Waals surface area contributed by atoms with E-state index in [4.69, 9.17) is 0 Å². The number of hydrogen-bond acceptors (Lipinski definition) is 6. The fraction of sp³-hybridized carbons (Fsp3) is 0.744. The van der Waals surface area contributed by atoms with E-state index in [-0.39, 0.29) is 35.6 Å². The summed E-state index contributed by atoms with van der Waals surface area (Å²) < 4.78 is 0. The van der Waals surface area contributed by atoms with Crippen LogP contribution < -0.4 is 21.3 Å². The molecule has 4 fully saturated rings. The Morgan fingerprint density at radius 1 is 0.863 bits per heavy atom. The van der Waals surface area contributed by atoms with E-state index < -0.39 is 53.1 Å². The Kier molecular flexibility index (Phi) is 13.0. The minimum atomic E-state index is -0.983. The molecule has 5 amide bonds. The molecule has 4 aliphatic rings. The monoisotopic (exact) mass is 708 g/mol. The standard InChI is InChI=1S/C39H60N6O6/c1-5-13-28(32(46)37(50)41-26-19-20-26)42-36(49)31-27(24-14-8-6-9-15-24)21-23-45(31)38(51)33(39(2,3)4)44-35(48)30(25-16-10-7-11-17-25)43-34(47)29-18-12-22-40-29/h12,18,22,24-28,30-31,33,40H,5-11,13-17,19-21,23H2,1-4H3,(H,41,50)(H,42,49)(H,43,47)(H,44,48)/t27-,28+,30+,31+,33-/m1/s1. The topological polar surface area (TPSA) is 170 Å². The molecule has 0 aromatic carbocycles. The first-order chi connectivity index (χ1) is 24.4. The highest BCUT2D eigenvalue weighted by atomic mass is 16.2. The molecule has 1 aromatic rings. The summed E-state index contributed by atoms with van der Waals surface area (Å²) in [5.74, 6) is -2.79. The van der Waals surface area contributed by atoms with Gasteiger partial charge < -0.3 is 31.2 Å². The number of carbonyl (C=O) groups is 6. The van der Waals surface area contributed by atoms with Crippen LogP contribution in [0.25, 0.3) is 0 Å². The zero-order valence-electron chi connectivity index (χ0n) is 31.1. The van der Waals surface area contributed by atoms with Crippen LogP contribution in [0.1, 0.15) is 134 Å². The highest BCUT2D eigenvalue weighted by Crippen LogP contribution is 2.40. The lowest BCUT2D eigenvalue weighted by Crippen LogP contribution is -2.62. The van der Waals surface area contributed by atoms with Crippen molar-refractivity contribution in [1.82, 2.24) is 31.2 Å². The van der Waals surface area contributed by atoms with Crippen LogP contribution in [0.3, 0.4) is 0 Å². The second kappa shape index (κ2) is 17.2. The van der Waals surface area contributed by atoms with E-state index in [1.807, 2.05) is 27.7 Å². The smallest absolute Gasteiger partial charge is 0.289 e. The molecule has 0 radical (unpaired) electrons. The molecule has 1 aromatic heterocycles. The van der Waals surface area contributed by atoms with Crippen molar-refractivity contribution in [2.75, 3.05) is 6.54 Å². The summed E-state index contributed by atoms with van der Waals surface area (Å²) in [4.78, 5) is 87.1. The van der Waals surface area contributed by atoms with Gasteiger partial charge in [0.1, 0.15) is 23.8 Å². The third-order valence-electron chi connectivity index (χ3n) is 11.5. The molecule has 5 N–H and O–H groups in total. The third-order valence-corrected chi connectivity index (χ3v) is 11.5. The van der Waals surface area contributed by atoms with Gasteiger partial charge in [0.15, 0.2) is 0 Å². The van der Waals surface area contributed by atoms with Crippen molar-refractivity contribution in [2.24, 2.45) is 23.2 Å². The second-order valence-electron chi connectivity index (χ2n) is 16.5. The molecule has 1 saturated heterocycles. The molecule has 51 heavy (non-hydrogen) atoms. The van der Waals surface area contributed by atoms with Crippen LogP contribution >= 0.6 is 0 Å². The largest absolute Gasteiger partial charge is 0.357 e. The Bertz CT molecular complexity index is 1390. The predicted octanol–water partition coefficient (Wildman–Crippen LogP) is 4.15. The van der Waals surface area contributed by atoms with Crippen LogP contribution in [0.5, 0.6) is 0 Å². The van der Waals surface area contributed by atoms with Gasteiger partial charge in [-0.1, -0.05) is 85.5 Å². The molecule has 0 bridgehead atoms. The number of hydrogen-bond donors (Lipinski definition) is 5. The first kappa shape index (κ1) is 38.5. The van der Waals surface area contributed by atoms with E-state index in [0.717, 1.165) is 77.0 Å². The summed E-state index contributed by atoms with van der Waals surface area (Å²) in [6.45, 7) is 7.92. The molecule has 5 rings (SSSR count). The molecule has 5 atom stereocenters. The molecule has 282 valence electrons. The number of nitrogens with zero attached hydrogens (tertiary/aromatic N) is 1. The van der Waals surface area contributed by atoms with E-state index in [0.29, 0.717) is 31.5 Å². The van der Waals surface area contributed by atoms with Crippen molar-refractivity contribution >= 4 is 35.3 Å². The quantitative estimate of drug-likeness (QED) is 0.182. The highest BCUT2D eigenvalue weighted by molar-refractivity contribution is 6.38. The molecule has 3 saturated carbocycles. The van der Waals surface area contributed by atoms with Crippen LogP contribution in [0.4, 0.5) is 0 Å². The fourth-order valence-corrected chi connectivity index (χ4v) is 8.51. The molecule has 12 nitrogen and oxygen atoms in total. The number of carbonyl (C=O) groups excluding carboxylic acids is 6. The maximum atomic E-state index is 14.8. The minimum Gasteiger partial charge on any atom is -0.357 e. The van der Waals surface area contributed by atoms with Crippen molar-refractivity contribution < 1.29 is 28.8 Å². The molecule has 0 unspecified atom stereocenters. The summed E-state index contributed by atoms with van der Waals surface area (Å²) in [6, 6.07) is -0.212. The summed E-state index contributed by atoms with van der Waals surface area (Å²) >= 11 is 0. The fourth-order valence-electron chi connectivity index (χ4n) is 8.51. The van der Waals surface area contributed by atoms with Gasteiger partial charge in [0, 0.05) is 18.8 Å². The number of amides is 5. The van der Waals surface area contributed by atoms with Crippen LogP contribution in [-0.4, -0.2) is 82.0 Å². The lowest BCUT2D eigenvalue weighted by atomic mass is 9.76. The van der Waals surface area contributed by atoms with E-state index in [1.165, 1.54) is 0 Å². The summed E-state index contributed by atoms with van der Waals surface area (Å²) in [6.07, 6.45) is 14.7. The first-order valence-corrected chi connectivity index (χ1v) is 19.6. The number of nitrogens with one attached hydrogen (secondary N) is 5. The number of rotatable bonds is 14. The second-order valence-corrected chi connectivity index (χ2v) is 16.5. The Labute approximate surface area is 302 Å². The third kappa shape index (κ3) is 9.80. The maximum absolute atomic E-state index is 14.8. The van der Waals surface area contributed by atoms with Gasteiger partial charge in [0.05, 0.1) is 6.04 Å². The highest BCUT2D eigenvalue weighted by Gasteiger charge is 2.49. The normalized spacial score (nSPS) is 23.5. The average Bonchev–Trinajstić information content (AvgIpc) is 3.55. The van der Waals surface area contributed by atoms with Crippen molar-refractivity contribution in [3.63, 3.8) is 0 Å². The van der Waals surface area contributed by atoms with Gasteiger partial charge in [-0.25, -0.2) is 0 Å². The summed E-state index contributed by atoms with van der Waals surface area (Å²) in [5, 5.41) is 11.7. The predicted molar refractivity (Wildman–Crippen MR) is 193 cm³/mol. The van der Waals surface area contributed by atoms with Gasteiger partial charge in [0.25, 0.3) is 11.8 Å². The van der Waals surface area contributed by atoms with Crippen LogP contribution in [0.15, 0.2) is 18.3 Å². The molecular weight excluding hydrogens is 648 g/mol. The molecular formula is C39H60N6O6. The van der Waals surface area contributed by atoms with Gasteiger partial charge in [0.2, 0.25) is 23.5 Å². The van der Waals surface area contributed by atoms with E-state index in [2.05, 4.69) is 26.3 Å². The Balaban J connectivity index is 1.38. The lowest BCUT2D eigenvalue weighted by molar-refractivity contribution is -0.146. The lowest BCUT2D eigenvalue weighted by Gasteiger charge is -2.39. The first-order valence-electron chi connectivity index (χ1n) is 19.6. The number of Topliss-reactive ketones (excluding diaryl/α,β-unsaturated/α-hetero) is 1. The molecule has 2 heterocycles. The van der Waals surface area contributed by atoms with Gasteiger partial charge >= 0.3 is 0 Å². The summed E-state index contributed by atoms with van der Waals surface area (Å²) in [5.41, 5.74) is -0.365. The maximum Gasteiger partial charge on any atom is 0.289 e. The van der Waals surface area contributed by atoms with Gasteiger partial charge in [-0.2, -0.15) is 0 Å². The molecule has 3 aliphatic carbocycles. The van der Waals surface area contributed by atoms with Gasteiger partial charge in [-0.15, -0.1) is 0 Å². The van der Waals surface area contributed by atoms with Crippen LogP contribution in [0, 0.1) is 23.2 Å². The Morgan fingerprint density at radius 3 is 2.12 bits per heavy atom. The number of likely N-dealkylation sites (tertiary alicyclic amines) is 1. The minimum absolute atomic E-state index is 0.0158. The number of aromatic amines is 1.